The molecule has 3 nitrogen and oxygen atoms in total. The number of benzene rings is 1. The summed E-state index contributed by atoms with van der Waals surface area (Å²) in [5.74, 6) is 0. The van der Waals surface area contributed by atoms with Crippen molar-refractivity contribution in [1.82, 2.24) is 5.32 Å². The van der Waals surface area contributed by atoms with Gasteiger partial charge in [-0.3, -0.25) is 0 Å². The molecule has 0 spiro atoms. The molecule has 1 aromatic carbocycles. The number of nitrogens with one attached hydrogen (secondary N) is 1. The molecule has 1 aromatic rings. The van der Waals surface area contributed by atoms with Crippen molar-refractivity contribution in [3.8, 4) is 0 Å². The van der Waals surface area contributed by atoms with Gasteiger partial charge in [0.15, 0.2) is 0 Å². The summed E-state index contributed by atoms with van der Waals surface area (Å²) in [7, 11) is 1.52. The van der Waals surface area contributed by atoms with Crippen LogP contribution in [0.25, 0.3) is 0 Å². The van der Waals surface area contributed by atoms with E-state index >= 15 is 0 Å². The minimum atomic E-state index is -0.435. The first-order valence-electron chi connectivity index (χ1n) is 3.81. The highest BCUT2D eigenvalue weighted by Crippen LogP contribution is 2.09. The van der Waals surface area contributed by atoms with Crippen molar-refractivity contribution in [2.45, 2.75) is 6.61 Å². The lowest BCUT2D eigenvalue weighted by molar-refractivity contribution is 0.142. The summed E-state index contributed by atoms with van der Waals surface area (Å²) in [6, 6.07) is 7.13. The Kier molecular flexibility index (Phi) is 3.58. The lowest BCUT2D eigenvalue weighted by atomic mass is 10.2. The average molecular weight is 200 g/mol. The van der Waals surface area contributed by atoms with Crippen molar-refractivity contribution in [3.63, 3.8) is 0 Å². The molecule has 0 heterocycles. The van der Waals surface area contributed by atoms with Gasteiger partial charge in [0, 0.05) is 12.1 Å². The zero-order valence-electron chi connectivity index (χ0n) is 7.21. The molecule has 70 valence electrons. The summed E-state index contributed by atoms with van der Waals surface area (Å²) in [6.07, 6.45) is -0.435. The molecule has 0 atom stereocenters. The molecule has 1 rings (SSSR count). The van der Waals surface area contributed by atoms with E-state index in [2.05, 4.69) is 5.32 Å². The number of carbonyl (C=O) groups excluding carboxylic acids is 1. The normalized spacial score (nSPS) is 9.38. The molecule has 0 unspecified atom stereocenters. The predicted octanol–water partition coefficient (Wildman–Crippen LogP) is 2.20. The summed E-state index contributed by atoms with van der Waals surface area (Å²) in [5, 5.41) is 3.03. The van der Waals surface area contributed by atoms with Crippen LogP contribution in [0.1, 0.15) is 5.56 Å². The Labute approximate surface area is 81.7 Å². The molecule has 4 heteroatoms. The average Bonchev–Trinajstić information content (AvgIpc) is 2.16. The molecule has 1 amide bonds. The molecule has 0 bridgehead atoms. The van der Waals surface area contributed by atoms with Crippen molar-refractivity contribution in [2.24, 2.45) is 0 Å². The standard InChI is InChI=1S/C9H10ClNO2/c1-11-9(12)13-6-7-2-4-8(10)5-3-7/h2-5H,6H2,1H3,(H,11,12). The highest BCUT2D eigenvalue weighted by atomic mass is 35.5. The molecule has 1 N–H and O–H groups in total. The number of rotatable bonds is 2. The van der Waals surface area contributed by atoms with E-state index < -0.39 is 6.09 Å². The Morgan fingerprint density at radius 1 is 1.46 bits per heavy atom. The topological polar surface area (TPSA) is 38.3 Å². The second-order valence-electron chi connectivity index (χ2n) is 2.45. The van der Waals surface area contributed by atoms with E-state index in [4.69, 9.17) is 16.3 Å². The highest BCUT2D eigenvalue weighted by molar-refractivity contribution is 6.30. The number of ether oxygens (including phenoxy) is 1. The largest absolute Gasteiger partial charge is 0.445 e. The minimum absolute atomic E-state index is 0.261. The maximum absolute atomic E-state index is 10.7. The van der Waals surface area contributed by atoms with Crippen LogP contribution in [0, 0.1) is 0 Å². The van der Waals surface area contributed by atoms with E-state index in [-0.39, 0.29) is 6.61 Å². The third-order valence-corrected chi connectivity index (χ3v) is 1.74. The van der Waals surface area contributed by atoms with Gasteiger partial charge in [0.25, 0.3) is 0 Å². The Bertz CT molecular complexity index is 284. The molecule has 0 saturated carbocycles. The predicted molar refractivity (Wildman–Crippen MR) is 50.7 cm³/mol. The first-order chi connectivity index (χ1) is 6.22. The van der Waals surface area contributed by atoms with Crippen LogP contribution in [-0.4, -0.2) is 13.1 Å². The lowest BCUT2D eigenvalue weighted by Crippen LogP contribution is -2.18. The molecule has 0 aliphatic carbocycles. The van der Waals surface area contributed by atoms with Crippen LogP contribution in [0.4, 0.5) is 4.79 Å². The first-order valence-corrected chi connectivity index (χ1v) is 4.19. The molecule has 13 heavy (non-hydrogen) atoms. The van der Waals surface area contributed by atoms with Crippen LogP contribution < -0.4 is 5.32 Å². The van der Waals surface area contributed by atoms with Gasteiger partial charge in [0.1, 0.15) is 6.61 Å². The summed E-state index contributed by atoms with van der Waals surface area (Å²) in [4.78, 5) is 10.7. The second kappa shape index (κ2) is 4.72. The minimum Gasteiger partial charge on any atom is -0.445 e. The summed E-state index contributed by atoms with van der Waals surface area (Å²) in [5.41, 5.74) is 0.910. The van der Waals surface area contributed by atoms with Gasteiger partial charge in [-0.25, -0.2) is 4.79 Å². The van der Waals surface area contributed by atoms with Crippen LogP contribution in [-0.2, 0) is 11.3 Å². The molecular formula is C9H10ClNO2. The summed E-state index contributed by atoms with van der Waals surface area (Å²) < 4.78 is 4.82. The number of amides is 1. The molecule has 0 radical (unpaired) electrons. The molecule has 0 aliphatic heterocycles. The summed E-state index contributed by atoms with van der Waals surface area (Å²) >= 11 is 5.68. The Morgan fingerprint density at radius 3 is 2.62 bits per heavy atom. The third-order valence-electron chi connectivity index (χ3n) is 1.49. The molecule has 0 aliphatic rings. The van der Waals surface area contributed by atoms with Gasteiger partial charge in [-0.1, -0.05) is 23.7 Å². The maximum Gasteiger partial charge on any atom is 0.407 e. The molecular weight excluding hydrogens is 190 g/mol. The van der Waals surface area contributed by atoms with Gasteiger partial charge < -0.3 is 10.1 Å². The van der Waals surface area contributed by atoms with E-state index in [1.807, 2.05) is 12.1 Å². The maximum atomic E-state index is 10.7. The smallest absolute Gasteiger partial charge is 0.407 e. The zero-order valence-corrected chi connectivity index (χ0v) is 7.97. The van der Waals surface area contributed by atoms with Gasteiger partial charge in [0.2, 0.25) is 0 Å². The molecule has 0 aromatic heterocycles. The third kappa shape index (κ3) is 3.34. The van der Waals surface area contributed by atoms with E-state index in [0.717, 1.165) is 5.56 Å². The van der Waals surface area contributed by atoms with E-state index in [9.17, 15) is 4.79 Å². The van der Waals surface area contributed by atoms with Crippen LogP contribution in [0.5, 0.6) is 0 Å². The van der Waals surface area contributed by atoms with Crippen molar-refractivity contribution in [3.05, 3.63) is 34.9 Å². The molecule has 0 saturated heterocycles. The fourth-order valence-electron chi connectivity index (χ4n) is 0.802. The van der Waals surface area contributed by atoms with Crippen LogP contribution in [0.3, 0.4) is 0 Å². The van der Waals surface area contributed by atoms with Crippen molar-refractivity contribution in [1.29, 1.82) is 0 Å². The fraction of sp³-hybridized carbons (Fsp3) is 0.222. The number of halogens is 1. The van der Waals surface area contributed by atoms with Gasteiger partial charge in [0.05, 0.1) is 0 Å². The van der Waals surface area contributed by atoms with Crippen molar-refractivity contribution >= 4 is 17.7 Å². The quantitative estimate of drug-likeness (QED) is 0.793. The number of carbonyl (C=O) groups is 1. The van der Waals surface area contributed by atoms with Crippen molar-refractivity contribution < 1.29 is 9.53 Å². The monoisotopic (exact) mass is 199 g/mol. The SMILES string of the molecule is CNC(=O)OCc1ccc(Cl)cc1. The lowest BCUT2D eigenvalue weighted by Gasteiger charge is -2.03. The van der Waals surface area contributed by atoms with E-state index in [1.54, 1.807) is 12.1 Å². The van der Waals surface area contributed by atoms with Crippen LogP contribution >= 0.6 is 11.6 Å². The van der Waals surface area contributed by atoms with E-state index in [1.165, 1.54) is 7.05 Å². The summed E-state index contributed by atoms with van der Waals surface area (Å²) in [6.45, 7) is 0.261. The first kappa shape index (κ1) is 9.86. The second-order valence-corrected chi connectivity index (χ2v) is 2.89. The fourth-order valence-corrected chi connectivity index (χ4v) is 0.928. The van der Waals surface area contributed by atoms with Crippen LogP contribution in [0.2, 0.25) is 5.02 Å². The Hall–Kier alpha value is -1.22. The van der Waals surface area contributed by atoms with Gasteiger partial charge in [-0.15, -0.1) is 0 Å². The highest BCUT2D eigenvalue weighted by Gasteiger charge is 1.98. The van der Waals surface area contributed by atoms with Gasteiger partial charge in [-0.2, -0.15) is 0 Å². The zero-order chi connectivity index (χ0) is 9.68. The number of hydrogen-bond donors (Lipinski definition) is 1. The molecule has 0 fully saturated rings. The number of hydrogen-bond acceptors (Lipinski definition) is 2. The Balaban J connectivity index is 2.46. The Morgan fingerprint density at radius 2 is 2.08 bits per heavy atom. The van der Waals surface area contributed by atoms with Gasteiger partial charge >= 0.3 is 6.09 Å². The van der Waals surface area contributed by atoms with Crippen molar-refractivity contribution in [2.75, 3.05) is 7.05 Å². The van der Waals surface area contributed by atoms with Gasteiger partial charge in [-0.05, 0) is 17.7 Å². The van der Waals surface area contributed by atoms with E-state index in [0.29, 0.717) is 5.02 Å². The van der Waals surface area contributed by atoms with Crippen LogP contribution in [0.15, 0.2) is 24.3 Å². The number of alkyl carbamates (subject to hydrolysis) is 1.